The average molecular weight is 385 g/mol. The average Bonchev–Trinajstić information content (AvgIpc) is 3.05. The van der Waals surface area contributed by atoms with Crippen LogP contribution in [0.2, 0.25) is 5.02 Å². The fraction of sp³-hybridized carbons (Fsp3) is 0.250. The van der Waals surface area contributed by atoms with Crippen molar-refractivity contribution in [2.45, 2.75) is 20.4 Å². The molecule has 27 heavy (non-hydrogen) atoms. The van der Waals surface area contributed by atoms with Crippen molar-refractivity contribution in [2.24, 2.45) is 5.92 Å². The summed E-state index contributed by atoms with van der Waals surface area (Å²) in [6.45, 7) is 4.91. The number of hydrogen-bond acceptors (Lipinski definition) is 3. The summed E-state index contributed by atoms with van der Waals surface area (Å²) in [6.07, 6.45) is 1.72. The predicted octanol–water partition coefficient (Wildman–Crippen LogP) is 3.30. The minimum Gasteiger partial charge on any atom is -0.349 e. The van der Waals surface area contributed by atoms with Crippen molar-refractivity contribution in [1.29, 1.82) is 0 Å². The minimum absolute atomic E-state index is 0.197. The molecule has 0 fully saturated rings. The van der Waals surface area contributed by atoms with Crippen molar-refractivity contribution < 1.29 is 9.59 Å². The molecule has 0 saturated carbocycles. The van der Waals surface area contributed by atoms with Gasteiger partial charge in [-0.05, 0) is 35.7 Å². The molecule has 0 aliphatic carbocycles. The summed E-state index contributed by atoms with van der Waals surface area (Å²) in [7, 11) is 0. The number of imidazole rings is 1. The van der Waals surface area contributed by atoms with E-state index < -0.39 is 0 Å². The third-order valence-corrected chi connectivity index (χ3v) is 4.26. The minimum atomic E-state index is -0.337. The van der Waals surface area contributed by atoms with E-state index in [4.69, 9.17) is 11.6 Å². The molecular weight excluding hydrogens is 364 g/mol. The highest BCUT2D eigenvalue weighted by Gasteiger charge is 2.21. The Labute approximate surface area is 162 Å². The molecule has 0 unspecified atom stereocenters. The first-order valence-electron chi connectivity index (χ1n) is 8.73. The molecule has 1 aromatic carbocycles. The van der Waals surface area contributed by atoms with Gasteiger partial charge in [0.1, 0.15) is 0 Å². The van der Waals surface area contributed by atoms with Crippen LogP contribution in [0.1, 0.15) is 40.5 Å². The number of hydrogen-bond donors (Lipinski definition) is 2. The summed E-state index contributed by atoms with van der Waals surface area (Å²) < 4.78 is 1.63. The Hall–Kier alpha value is -2.86. The lowest BCUT2D eigenvalue weighted by molar-refractivity contribution is 0.0938. The van der Waals surface area contributed by atoms with E-state index in [0.29, 0.717) is 29.5 Å². The van der Waals surface area contributed by atoms with E-state index in [1.807, 2.05) is 32.0 Å². The Bertz CT molecular complexity index is 964. The Morgan fingerprint density at radius 1 is 1.07 bits per heavy atom. The van der Waals surface area contributed by atoms with Gasteiger partial charge >= 0.3 is 0 Å². The van der Waals surface area contributed by atoms with Crippen molar-refractivity contribution in [3.05, 3.63) is 70.8 Å². The van der Waals surface area contributed by atoms with E-state index >= 15 is 0 Å². The van der Waals surface area contributed by atoms with E-state index in [1.54, 1.807) is 34.9 Å². The molecule has 7 heteroatoms. The SMILES string of the molecule is CC(C)CNC(=O)c1nc(C(=O)NCc2ccc(Cl)cc2)c2ccccn12. The lowest BCUT2D eigenvalue weighted by Crippen LogP contribution is -2.29. The van der Waals surface area contributed by atoms with Gasteiger partial charge in [0.2, 0.25) is 5.82 Å². The number of carbonyl (C=O) groups excluding carboxylic acids is 2. The normalized spacial score (nSPS) is 11.0. The Kier molecular flexibility index (Phi) is 5.76. The largest absolute Gasteiger partial charge is 0.349 e. The van der Waals surface area contributed by atoms with E-state index in [0.717, 1.165) is 5.56 Å². The quantitative estimate of drug-likeness (QED) is 0.684. The molecule has 2 heterocycles. The maximum atomic E-state index is 12.7. The standard InChI is InChI=1S/C20H21ClN4O2/c1-13(2)11-22-20(27)18-24-17(16-5-3-4-10-25(16)18)19(26)23-12-14-6-8-15(21)9-7-14/h3-10,13H,11-12H2,1-2H3,(H,22,27)(H,23,26). The number of amides is 2. The van der Waals surface area contributed by atoms with Crippen LogP contribution in [-0.2, 0) is 6.54 Å². The van der Waals surface area contributed by atoms with Gasteiger partial charge in [0.15, 0.2) is 5.69 Å². The number of benzene rings is 1. The number of pyridine rings is 1. The zero-order valence-electron chi connectivity index (χ0n) is 15.2. The van der Waals surface area contributed by atoms with Crippen LogP contribution in [0.25, 0.3) is 5.52 Å². The second-order valence-corrected chi connectivity index (χ2v) is 7.09. The number of rotatable bonds is 6. The molecule has 0 bridgehead atoms. The number of aromatic nitrogens is 2. The summed E-state index contributed by atoms with van der Waals surface area (Å²) in [5.41, 5.74) is 1.73. The van der Waals surface area contributed by atoms with Crippen molar-refractivity contribution >= 4 is 28.9 Å². The fourth-order valence-electron chi connectivity index (χ4n) is 2.61. The zero-order chi connectivity index (χ0) is 19.4. The molecule has 0 aliphatic heterocycles. The lowest BCUT2D eigenvalue weighted by atomic mass is 10.2. The van der Waals surface area contributed by atoms with Gasteiger partial charge < -0.3 is 10.6 Å². The monoisotopic (exact) mass is 384 g/mol. The summed E-state index contributed by atoms with van der Waals surface area (Å²) in [6, 6.07) is 12.6. The van der Waals surface area contributed by atoms with Crippen LogP contribution < -0.4 is 10.6 Å². The number of halogens is 1. The van der Waals surface area contributed by atoms with Gasteiger partial charge in [-0.1, -0.05) is 43.6 Å². The second-order valence-electron chi connectivity index (χ2n) is 6.65. The van der Waals surface area contributed by atoms with Crippen LogP contribution in [0.4, 0.5) is 0 Å². The molecule has 0 atom stereocenters. The van der Waals surface area contributed by atoms with Crippen LogP contribution >= 0.6 is 11.6 Å². The van der Waals surface area contributed by atoms with Gasteiger partial charge in [0.05, 0.1) is 5.52 Å². The van der Waals surface area contributed by atoms with Crippen molar-refractivity contribution in [2.75, 3.05) is 6.54 Å². The maximum absolute atomic E-state index is 12.7. The molecule has 0 radical (unpaired) electrons. The first-order chi connectivity index (χ1) is 13.0. The van der Waals surface area contributed by atoms with Gasteiger partial charge in [-0.25, -0.2) is 4.98 Å². The molecule has 2 amide bonds. The van der Waals surface area contributed by atoms with E-state index in [9.17, 15) is 9.59 Å². The third kappa shape index (κ3) is 4.46. The number of nitrogens with one attached hydrogen (secondary N) is 2. The maximum Gasteiger partial charge on any atom is 0.287 e. The molecule has 3 rings (SSSR count). The third-order valence-electron chi connectivity index (χ3n) is 4.00. The first kappa shape index (κ1) is 18.9. The lowest BCUT2D eigenvalue weighted by Gasteiger charge is -2.06. The zero-order valence-corrected chi connectivity index (χ0v) is 16.0. The number of carbonyl (C=O) groups is 2. The van der Waals surface area contributed by atoms with E-state index in [-0.39, 0.29) is 23.3 Å². The van der Waals surface area contributed by atoms with Crippen molar-refractivity contribution in [1.82, 2.24) is 20.0 Å². The molecule has 0 spiro atoms. The molecule has 0 saturated heterocycles. The van der Waals surface area contributed by atoms with Crippen LogP contribution in [0, 0.1) is 5.92 Å². The molecule has 0 aliphatic rings. The predicted molar refractivity (Wildman–Crippen MR) is 105 cm³/mol. The van der Waals surface area contributed by atoms with Crippen molar-refractivity contribution in [3.8, 4) is 0 Å². The summed E-state index contributed by atoms with van der Waals surface area (Å²) >= 11 is 5.88. The van der Waals surface area contributed by atoms with Gasteiger partial charge in [-0.15, -0.1) is 0 Å². The van der Waals surface area contributed by atoms with Crippen LogP contribution in [-0.4, -0.2) is 27.7 Å². The second kappa shape index (κ2) is 8.22. The molecule has 3 aromatic rings. The Morgan fingerprint density at radius 3 is 2.52 bits per heavy atom. The molecular formula is C20H21ClN4O2. The summed E-state index contributed by atoms with van der Waals surface area (Å²) in [5.74, 6) is -0.122. The van der Waals surface area contributed by atoms with Gasteiger partial charge in [0, 0.05) is 24.3 Å². The van der Waals surface area contributed by atoms with Gasteiger partial charge in [-0.2, -0.15) is 0 Å². The Balaban J connectivity index is 1.82. The van der Waals surface area contributed by atoms with Crippen molar-refractivity contribution in [3.63, 3.8) is 0 Å². The van der Waals surface area contributed by atoms with E-state index in [1.165, 1.54) is 0 Å². The molecule has 6 nitrogen and oxygen atoms in total. The molecule has 140 valence electrons. The highest BCUT2D eigenvalue weighted by Crippen LogP contribution is 2.14. The highest BCUT2D eigenvalue weighted by atomic mass is 35.5. The van der Waals surface area contributed by atoms with Crippen LogP contribution in [0.3, 0.4) is 0 Å². The highest BCUT2D eigenvalue weighted by molar-refractivity contribution is 6.30. The molecule has 2 N–H and O–H groups in total. The van der Waals surface area contributed by atoms with Gasteiger partial charge in [0.25, 0.3) is 11.8 Å². The van der Waals surface area contributed by atoms with E-state index in [2.05, 4.69) is 15.6 Å². The number of fused-ring (bicyclic) bond motifs is 1. The van der Waals surface area contributed by atoms with Crippen LogP contribution in [0.5, 0.6) is 0 Å². The van der Waals surface area contributed by atoms with Crippen LogP contribution in [0.15, 0.2) is 48.7 Å². The summed E-state index contributed by atoms with van der Waals surface area (Å²) in [5, 5.41) is 6.32. The number of nitrogens with zero attached hydrogens (tertiary/aromatic N) is 2. The van der Waals surface area contributed by atoms with Gasteiger partial charge in [-0.3, -0.25) is 14.0 Å². The Morgan fingerprint density at radius 2 is 1.81 bits per heavy atom. The fourth-order valence-corrected chi connectivity index (χ4v) is 2.74. The summed E-state index contributed by atoms with van der Waals surface area (Å²) in [4.78, 5) is 29.4. The smallest absolute Gasteiger partial charge is 0.287 e. The molecule has 2 aromatic heterocycles. The topological polar surface area (TPSA) is 75.5 Å². The first-order valence-corrected chi connectivity index (χ1v) is 9.11.